The summed E-state index contributed by atoms with van der Waals surface area (Å²) >= 11 is 0. The first kappa shape index (κ1) is 5.79. The lowest BCUT2D eigenvalue weighted by Crippen LogP contribution is -2.05. The van der Waals surface area contributed by atoms with Gasteiger partial charge in [-0.05, 0) is 6.92 Å². The number of hydrogen-bond donors (Lipinski definition) is 0. The number of hydrogen-bond acceptors (Lipinski definition) is 2. The monoisotopic (exact) mass is 114 g/mol. The minimum atomic E-state index is -0.0435. The molecule has 1 unspecified atom stereocenters. The summed E-state index contributed by atoms with van der Waals surface area (Å²) < 4.78 is 10.2. The third-order valence-corrected chi connectivity index (χ3v) is 1.12. The normalized spacial score (nSPS) is 37.6. The van der Waals surface area contributed by atoms with Crippen molar-refractivity contribution in [2.75, 3.05) is 6.61 Å². The van der Waals surface area contributed by atoms with Gasteiger partial charge >= 0.3 is 0 Å². The summed E-state index contributed by atoms with van der Waals surface area (Å²) in [5.41, 5.74) is 0. The van der Waals surface area contributed by atoms with Crippen molar-refractivity contribution in [1.29, 1.82) is 0 Å². The van der Waals surface area contributed by atoms with Crippen LogP contribution >= 0.6 is 0 Å². The fraction of sp³-hybridized carbons (Fsp3) is 0.667. The van der Waals surface area contributed by atoms with Crippen LogP contribution in [0.3, 0.4) is 0 Å². The molecule has 1 aliphatic rings. The van der Waals surface area contributed by atoms with E-state index in [0.717, 1.165) is 0 Å². The summed E-state index contributed by atoms with van der Waals surface area (Å²) in [6.07, 6.45) is 1.83. The smallest absolute Gasteiger partial charge is 0.155 e. The topological polar surface area (TPSA) is 18.5 Å². The molecule has 1 heterocycles. The summed E-state index contributed by atoms with van der Waals surface area (Å²) in [5, 5.41) is 0. The molecule has 0 N–H and O–H groups in total. The van der Waals surface area contributed by atoms with Crippen LogP contribution < -0.4 is 0 Å². The number of ether oxygens (including phenoxy) is 2. The van der Waals surface area contributed by atoms with E-state index in [1.807, 2.05) is 6.92 Å². The maximum absolute atomic E-state index is 5.17. The van der Waals surface area contributed by atoms with Gasteiger partial charge in [-0.25, -0.2) is 0 Å². The van der Waals surface area contributed by atoms with Crippen LogP contribution in [0.15, 0.2) is 12.7 Å². The van der Waals surface area contributed by atoms with Crippen LogP contribution in [0.25, 0.3) is 0 Å². The molecule has 0 amide bonds. The van der Waals surface area contributed by atoms with E-state index in [9.17, 15) is 0 Å². The van der Waals surface area contributed by atoms with Gasteiger partial charge in [-0.3, -0.25) is 0 Å². The Bertz CT molecular complexity index is 90.5. The zero-order chi connectivity index (χ0) is 5.98. The van der Waals surface area contributed by atoms with Gasteiger partial charge < -0.3 is 9.47 Å². The van der Waals surface area contributed by atoms with Crippen LogP contribution in [0.4, 0.5) is 0 Å². The Kier molecular flexibility index (Phi) is 1.65. The zero-order valence-corrected chi connectivity index (χ0v) is 4.96. The molecule has 0 bridgehead atoms. The summed E-state index contributed by atoms with van der Waals surface area (Å²) in [4.78, 5) is 0. The van der Waals surface area contributed by atoms with E-state index in [1.54, 1.807) is 6.08 Å². The van der Waals surface area contributed by atoms with Gasteiger partial charge in [0, 0.05) is 0 Å². The van der Waals surface area contributed by atoms with Gasteiger partial charge in [0.25, 0.3) is 0 Å². The van der Waals surface area contributed by atoms with Gasteiger partial charge in [-0.1, -0.05) is 6.08 Å². The average Bonchev–Trinajstić information content (AvgIpc) is 2.14. The van der Waals surface area contributed by atoms with E-state index in [0.29, 0.717) is 6.61 Å². The molecule has 1 rings (SSSR count). The highest BCUT2D eigenvalue weighted by Gasteiger charge is 2.18. The minimum absolute atomic E-state index is 0.0435. The minimum Gasteiger partial charge on any atom is -0.350 e. The Morgan fingerprint density at radius 1 is 1.75 bits per heavy atom. The van der Waals surface area contributed by atoms with Crippen molar-refractivity contribution in [3.63, 3.8) is 0 Å². The van der Waals surface area contributed by atoms with Gasteiger partial charge in [-0.2, -0.15) is 0 Å². The molecule has 46 valence electrons. The molecule has 0 aliphatic carbocycles. The van der Waals surface area contributed by atoms with Gasteiger partial charge in [0.2, 0.25) is 0 Å². The van der Waals surface area contributed by atoms with Crippen molar-refractivity contribution in [1.82, 2.24) is 0 Å². The third kappa shape index (κ3) is 1.08. The second-order valence-corrected chi connectivity index (χ2v) is 1.81. The number of rotatable bonds is 1. The lowest BCUT2D eigenvalue weighted by Gasteiger charge is -1.99. The highest BCUT2D eigenvalue weighted by Crippen LogP contribution is 2.10. The molecule has 2 nitrogen and oxygen atoms in total. The first-order valence-corrected chi connectivity index (χ1v) is 2.72. The lowest BCUT2D eigenvalue weighted by molar-refractivity contribution is -0.0348. The van der Waals surface area contributed by atoms with E-state index >= 15 is 0 Å². The van der Waals surface area contributed by atoms with Crippen molar-refractivity contribution in [2.45, 2.75) is 19.3 Å². The van der Waals surface area contributed by atoms with Crippen LogP contribution in [0.2, 0.25) is 0 Å². The molecular formula is C6H10O2. The molecule has 0 aromatic heterocycles. The molecule has 1 aliphatic heterocycles. The standard InChI is InChI=1S/C6H10O2/c1-3-6-4-7-5(2)8-6/h3,5-6H,1,4H2,2H3/t5-,6?/m0/s1. The molecule has 0 saturated carbocycles. The van der Waals surface area contributed by atoms with Gasteiger partial charge in [0.15, 0.2) is 6.29 Å². The van der Waals surface area contributed by atoms with Crippen molar-refractivity contribution in [2.24, 2.45) is 0 Å². The van der Waals surface area contributed by atoms with E-state index in [4.69, 9.17) is 9.47 Å². The van der Waals surface area contributed by atoms with Gasteiger partial charge in [0.1, 0.15) is 6.10 Å². The van der Waals surface area contributed by atoms with E-state index in [2.05, 4.69) is 6.58 Å². The highest BCUT2D eigenvalue weighted by molar-refractivity contribution is 4.82. The largest absolute Gasteiger partial charge is 0.350 e. The van der Waals surface area contributed by atoms with Crippen LogP contribution in [-0.2, 0) is 9.47 Å². The fourth-order valence-corrected chi connectivity index (χ4v) is 0.679. The van der Waals surface area contributed by atoms with Crippen molar-refractivity contribution in [3.05, 3.63) is 12.7 Å². The SMILES string of the molecule is C=CC1CO[C@H](C)O1. The predicted octanol–water partition coefficient (Wildman–Crippen LogP) is 0.934. The molecule has 0 aromatic rings. The molecule has 2 atom stereocenters. The Morgan fingerprint density at radius 3 is 2.75 bits per heavy atom. The molecule has 1 fully saturated rings. The summed E-state index contributed by atoms with van der Waals surface area (Å²) in [5.74, 6) is 0. The van der Waals surface area contributed by atoms with Crippen molar-refractivity contribution in [3.8, 4) is 0 Å². The second-order valence-electron chi connectivity index (χ2n) is 1.81. The Morgan fingerprint density at radius 2 is 2.50 bits per heavy atom. The van der Waals surface area contributed by atoms with Crippen molar-refractivity contribution < 1.29 is 9.47 Å². The molecule has 0 spiro atoms. The van der Waals surface area contributed by atoms with Gasteiger partial charge in [-0.15, -0.1) is 6.58 Å². The Labute approximate surface area is 49.1 Å². The third-order valence-electron chi connectivity index (χ3n) is 1.12. The molecule has 0 radical (unpaired) electrons. The average molecular weight is 114 g/mol. The maximum Gasteiger partial charge on any atom is 0.155 e. The molecule has 1 saturated heterocycles. The first-order valence-electron chi connectivity index (χ1n) is 2.72. The van der Waals surface area contributed by atoms with Gasteiger partial charge in [0.05, 0.1) is 6.61 Å². The zero-order valence-electron chi connectivity index (χ0n) is 4.96. The predicted molar refractivity (Wildman–Crippen MR) is 30.5 cm³/mol. The van der Waals surface area contributed by atoms with E-state index in [-0.39, 0.29) is 12.4 Å². The van der Waals surface area contributed by atoms with Crippen molar-refractivity contribution >= 4 is 0 Å². The molecule has 8 heavy (non-hydrogen) atoms. The quantitative estimate of drug-likeness (QED) is 0.472. The van der Waals surface area contributed by atoms with Crippen LogP contribution in [-0.4, -0.2) is 19.0 Å². The highest BCUT2D eigenvalue weighted by atomic mass is 16.7. The van der Waals surface area contributed by atoms with E-state index in [1.165, 1.54) is 0 Å². The molecule has 2 heteroatoms. The summed E-state index contributed by atoms with van der Waals surface area (Å²) in [6, 6.07) is 0. The summed E-state index contributed by atoms with van der Waals surface area (Å²) in [7, 11) is 0. The van der Waals surface area contributed by atoms with E-state index < -0.39 is 0 Å². The van der Waals surface area contributed by atoms with Crippen LogP contribution in [0, 0.1) is 0 Å². The molecule has 0 aromatic carbocycles. The van der Waals surface area contributed by atoms with Crippen LogP contribution in [0.1, 0.15) is 6.92 Å². The molecular weight excluding hydrogens is 104 g/mol. The lowest BCUT2D eigenvalue weighted by atomic mass is 10.4. The Hall–Kier alpha value is -0.340. The second kappa shape index (κ2) is 2.29. The van der Waals surface area contributed by atoms with Crippen LogP contribution in [0.5, 0.6) is 0 Å². The first-order chi connectivity index (χ1) is 3.83. The fourth-order valence-electron chi connectivity index (χ4n) is 0.679. The summed E-state index contributed by atoms with van der Waals surface area (Å²) in [6.45, 7) is 6.11. The maximum atomic E-state index is 5.17. The Balaban J connectivity index is 2.32.